The van der Waals surface area contributed by atoms with Gasteiger partial charge in [0.2, 0.25) is 11.8 Å². The number of nitrogens with one attached hydrogen (secondary N) is 1. The third-order valence-corrected chi connectivity index (χ3v) is 5.54. The molecule has 3 rings (SSSR count). The van der Waals surface area contributed by atoms with Crippen molar-refractivity contribution in [2.45, 2.75) is 58.9 Å². The molecule has 0 radical (unpaired) electrons. The van der Waals surface area contributed by atoms with Gasteiger partial charge in [0.15, 0.2) is 0 Å². The van der Waals surface area contributed by atoms with Crippen molar-refractivity contribution in [3.05, 3.63) is 30.1 Å². The van der Waals surface area contributed by atoms with Crippen molar-refractivity contribution in [1.82, 2.24) is 19.8 Å². The number of fused-ring (bicyclic) bond motifs is 1. The summed E-state index contributed by atoms with van der Waals surface area (Å²) in [6.45, 7) is 6.94. The molecule has 152 valence electrons. The normalized spacial score (nSPS) is 15.1. The van der Waals surface area contributed by atoms with Crippen LogP contribution in [0.25, 0.3) is 11.0 Å². The van der Waals surface area contributed by atoms with Gasteiger partial charge in [-0.15, -0.1) is 0 Å². The number of carbonyl (C=O) groups is 2. The molecule has 0 atom stereocenters. The van der Waals surface area contributed by atoms with Crippen molar-refractivity contribution in [2.75, 3.05) is 19.6 Å². The minimum Gasteiger partial charge on any atom is -0.356 e. The van der Waals surface area contributed by atoms with Crippen LogP contribution in [0.5, 0.6) is 0 Å². The summed E-state index contributed by atoms with van der Waals surface area (Å²) in [7, 11) is 0. The number of hydrogen-bond acceptors (Lipinski definition) is 3. The molecule has 0 spiro atoms. The number of piperidine rings is 1. The van der Waals surface area contributed by atoms with E-state index < -0.39 is 0 Å². The lowest BCUT2D eigenvalue weighted by atomic mass is 9.99. The Kier molecular flexibility index (Phi) is 7.06. The fraction of sp³-hybridized carbons (Fsp3) is 0.591. The van der Waals surface area contributed by atoms with E-state index in [1.54, 1.807) is 0 Å². The summed E-state index contributed by atoms with van der Waals surface area (Å²) in [5, 5.41) is 2.95. The third kappa shape index (κ3) is 5.12. The average molecular weight is 385 g/mol. The van der Waals surface area contributed by atoms with Crippen LogP contribution in [0.3, 0.4) is 0 Å². The van der Waals surface area contributed by atoms with E-state index in [0.717, 1.165) is 62.1 Å². The zero-order chi connectivity index (χ0) is 19.9. The van der Waals surface area contributed by atoms with Gasteiger partial charge in [-0.05, 0) is 43.7 Å². The van der Waals surface area contributed by atoms with Crippen molar-refractivity contribution < 1.29 is 9.59 Å². The Morgan fingerprint density at radius 3 is 2.71 bits per heavy atom. The highest BCUT2D eigenvalue weighted by atomic mass is 16.2. The van der Waals surface area contributed by atoms with Crippen LogP contribution in [0, 0.1) is 5.92 Å². The SMILES string of the molecule is CCCC(=O)NCCCc1nc2ccccc2n1CC(=O)N1CCC(C)CC1. The molecular formula is C22H32N4O2. The van der Waals surface area contributed by atoms with Crippen LogP contribution in [0.2, 0.25) is 0 Å². The predicted molar refractivity (Wildman–Crippen MR) is 111 cm³/mol. The van der Waals surface area contributed by atoms with Gasteiger partial charge in [-0.3, -0.25) is 9.59 Å². The number of rotatable bonds is 8. The van der Waals surface area contributed by atoms with Crippen LogP contribution in [0.4, 0.5) is 0 Å². The number of imidazole rings is 1. The molecule has 1 saturated heterocycles. The molecule has 0 saturated carbocycles. The topological polar surface area (TPSA) is 67.2 Å². The van der Waals surface area contributed by atoms with E-state index in [9.17, 15) is 9.59 Å². The van der Waals surface area contributed by atoms with Crippen molar-refractivity contribution >= 4 is 22.8 Å². The van der Waals surface area contributed by atoms with Crippen LogP contribution < -0.4 is 5.32 Å². The van der Waals surface area contributed by atoms with Crippen LogP contribution in [-0.4, -0.2) is 45.9 Å². The van der Waals surface area contributed by atoms with E-state index in [4.69, 9.17) is 4.98 Å². The maximum absolute atomic E-state index is 12.9. The van der Waals surface area contributed by atoms with E-state index in [0.29, 0.717) is 25.4 Å². The van der Waals surface area contributed by atoms with E-state index in [1.165, 1.54) is 0 Å². The van der Waals surface area contributed by atoms with Gasteiger partial charge in [-0.2, -0.15) is 0 Å². The van der Waals surface area contributed by atoms with E-state index >= 15 is 0 Å². The zero-order valence-corrected chi connectivity index (χ0v) is 17.1. The summed E-state index contributed by atoms with van der Waals surface area (Å²) in [4.78, 5) is 31.2. The van der Waals surface area contributed by atoms with Crippen LogP contribution in [0.15, 0.2) is 24.3 Å². The first-order valence-electron chi connectivity index (χ1n) is 10.6. The molecule has 6 nitrogen and oxygen atoms in total. The maximum atomic E-state index is 12.9. The first kappa shape index (κ1) is 20.4. The Hall–Kier alpha value is -2.37. The zero-order valence-electron chi connectivity index (χ0n) is 17.1. The Bertz CT molecular complexity index is 806. The molecule has 1 aromatic carbocycles. The summed E-state index contributed by atoms with van der Waals surface area (Å²) in [6.07, 6.45) is 5.15. The quantitative estimate of drug-likeness (QED) is 0.711. The molecule has 1 fully saturated rings. The lowest BCUT2D eigenvalue weighted by Crippen LogP contribution is -2.40. The predicted octanol–water partition coefficient (Wildman–Crippen LogP) is 3.14. The molecule has 1 N–H and O–H groups in total. The Labute approximate surface area is 167 Å². The van der Waals surface area contributed by atoms with Gasteiger partial charge in [-0.1, -0.05) is 26.0 Å². The standard InChI is InChI=1S/C22H32N4O2/c1-3-7-21(27)23-13-6-10-20-24-18-8-4-5-9-19(18)26(20)16-22(28)25-14-11-17(2)12-15-25/h4-5,8-9,17H,3,6-7,10-16H2,1-2H3,(H,23,27). The molecule has 0 aliphatic carbocycles. The van der Waals surface area contributed by atoms with Gasteiger partial charge in [0.25, 0.3) is 0 Å². The summed E-state index contributed by atoms with van der Waals surface area (Å²) in [5.41, 5.74) is 1.93. The highest BCUT2D eigenvalue weighted by Crippen LogP contribution is 2.20. The monoisotopic (exact) mass is 384 g/mol. The molecule has 28 heavy (non-hydrogen) atoms. The van der Waals surface area contributed by atoms with Gasteiger partial charge < -0.3 is 14.8 Å². The van der Waals surface area contributed by atoms with Gasteiger partial charge in [0.05, 0.1) is 11.0 Å². The fourth-order valence-corrected chi connectivity index (χ4v) is 3.78. The number of nitrogens with zero attached hydrogens (tertiary/aromatic N) is 3. The number of aromatic nitrogens is 2. The maximum Gasteiger partial charge on any atom is 0.242 e. The highest BCUT2D eigenvalue weighted by molar-refractivity contribution is 5.81. The number of hydrogen-bond donors (Lipinski definition) is 1. The second kappa shape index (κ2) is 9.71. The largest absolute Gasteiger partial charge is 0.356 e. The third-order valence-electron chi connectivity index (χ3n) is 5.54. The van der Waals surface area contributed by atoms with Crippen molar-refractivity contribution in [3.63, 3.8) is 0 Å². The molecule has 2 aromatic rings. The molecule has 2 heterocycles. The summed E-state index contributed by atoms with van der Waals surface area (Å²) in [5.74, 6) is 1.90. The van der Waals surface area contributed by atoms with Gasteiger partial charge in [-0.25, -0.2) is 4.98 Å². The first-order chi connectivity index (χ1) is 13.6. The Balaban J connectivity index is 1.67. The van der Waals surface area contributed by atoms with Gasteiger partial charge in [0, 0.05) is 32.5 Å². The highest BCUT2D eigenvalue weighted by Gasteiger charge is 2.22. The smallest absolute Gasteiger partial charge is 0.242 e. The molecule has 6 heteroatoms. The molecule has 0 bridgehead atoms. The fourth-order valence-electron chi connectivity index (χ4n) is 3.78. The van der Waals surface area contributed by atoms with Crippen molar-refractivity contribution in [2.24, 2.45) is 5.92 Å². The average Bonchev–Trinajstić information content (AvgIpc) is 3.03. The number of carbonyl (C=O) groups excluding carboxylic acids is 2. The van der Waals surface area contributed by atoms with E-state index in [1.807, 2.05) is 36.1 Å². The summed E-state index contributed by atoms with van der Waals surface area (Å²) < 4.78 is 2.06. The molecule has 0 unspecified atom stereocenters. The second-order valence-electron chi connectivity index (χ2n) is 7.87. The lowest BCUT2D eigenvalue weighted by Gasteiger charge is -2.30. The molecule has 1 aliphatic heterocycles. The minimum absolute atomic E-state index is 0.102. The molecule has 1 aliphatic rings. The van der Waals surface area contributed by atoms with Crippen LogP contribution >= 0.6 is 0 Å². The number of amides is 2. The van der Waals surface area contributed by atoms with Crippen molar-refractivity contribution in [3.8, 4) is 0 Å². The van der Waals surface area contributed by atoms with Gasteiger partial charge >= 0.3 is 0 Å². The molecule has 2 amide bonds. The summed E-state index contributed by atoms with van der Waals surface area (Å²) in [6, 6.07) is 7.98. The molecule has 1 aromatic heterocycles. The Morgan fingerprint density at radius 1 is 1.21 bits per heavy atom. The number of para-hydroxylation sites is 2. The minimum atomic E-state index is 0.102. The van der Waals surface area contributed by atoms with Crippen LogP contribution in [0.1, 0.15) is 51.8 Å². The number of benzene rings is 1. The van der Waals surface area contributed by atoms with E-state index in [2.05, 4.69) is 16.8 Å². The molecular weight excluding hydrogens is 352 g/mol. The van der Waals surface area contributed by atoms with Crippen LogP contribution in [-0.2, 0) is 22.6 Å². The van der Waals surface area contributed by atoms with E-state index in [-0.39, 0.29) is 11.8 Å². The first-order valence-corrected chi connectivity index (χ1v) is 10.6. The van der Waals surface area contributed by atoms with Gasteiger partial charge in [0.1, 0.15) is 12.4 Å². The lowest BCUT2D eigenvalue weighted by molar-refractivity contribution is -0.133. The number of likely N-dealkylation sites (tertiary alicyclic amines) is 1. The Morgan fingerprint density at radius 2 is 1.96 bits per heavy atom. The second-order valence-corrected chi connectivity index (χ2v) is 7.87. The number of aryl methyl sites for hydroxylation is 1. The summed E-state index contributed by atoms with van der Waals surface area (Å²) >= 11 is 0. The van der Waals surface area contributed by atoms with Crippen molar-refractivity contribution in [1.29, 1.82) is 0 Å².